The molecule has 1 aliphatic heterocycles. The van der Waals surface area contributed by atoms with Crippen molar-refractivity contribution in [3.05, 3.63) is 282 Å². The molecule has 0 amide bonds. The van der Waals surface area contributed by atoms with E-state index in [0.29, 0.717) is 0 Å². The summed E-state index contributed by atoms with van der Waals surface area (Å²) < 4.78 is 7.33. The highest BCUT2D eigenvalue weighted by molar-refractivity contribution is 6.04. The molecule has 15 rings (SSSR count). The van der Waals surface area contributed by atoms with Gasteiger partial charge >= 0.3 is 0 Å². The van der Waals surface area contributed by atoms with Gasteiger partial charge in [-0.1, -0.05) is 218 Å². The quantitative estimate of drug-likeness (QED) is 0.175. The summed E-state index contributed by atoms with van der Waals surface area (Å²) in [5.41, 5.74) is 27.3. The first-order valence-electron chi connectivity index (χ1n) is 24.4. The van der Waals surface area contributed by atoms with E-state index in [1.165, 1.54) is 77.9 Å². The van der Waals surface area contributed by atoms with Crippen LogP contribution >= 0.6 is 0 Å². The van der Waals surface area contributed by atoms with Crippen molar-refractivity contribution in [2.75, 3.05) is 4.90 Å². The molecule has 2 heteroatoms. The van der Waals surface area contributed by atoms with Gasteiger partial charge in [0, 0.05) is 22.4 Å². The van der Waals surface area contributed by atoms with E-state index in [-0.39, 0.29) is 0 Å². The van der Waals surface area contributed by atoms with Crippen LogP contribution < -0.4 is 9.64 Å². The van der Waals surface area contributed by atoms with Crippen molar-refractivity contribution in [3.63, 3.8) is 0 Å². The second-order valence-corrected chi connectivity index (χ2v) is 19.0. The molecule has 0 fully saturated rings. The van der Waals surface area contributed by atoms with Crippen LogP contribution in [0.25, 0.3) is 77.9 Å². The highest BCUT2D eigenvalue weighted by Crippen LogP contribution is 2.65. The zero-order valence-corrected chi connectivity index (χ0v) is 38.2. The normalized spacial score (nSPS) is 14.7. The van der Waals surface area contributed by atoms with Crippen molar-refractivity contribution in [2.45, 2.75) is 11.8 Å². The molecule has 3 aliphatic carbocycles. The lowest BCUT2D eigenvalue weighted by Gasteiger charge is -2.37. The number of rotatable bonds is 4. The SMILES string of the molecule is c1ccc(-c2ccccc2N(c2ccc3c(c2)C2(c4ccccc4-c4ccccc4-3)c3ccccc3-c3c2ccc2c3-c3ccccc3C2)c2cccc3c2Oc2ccccc2-c2ccccc2-3)cc1. The van der Waals surface area contributed by atoms with Gasteiger partial charge < -0.3 is 9.64 Å². The Hall–Kier alpha value is -8.98. The molecule has 0 saturated heterocycles. The summed E-state index contributed by atoms with van der Waals surface area (Å²) in [6.07, 6.45) is 0.935. The van der Waals surface area contributed by atoms with E-state index in [9.17, 15) is 0 Å². The zero-order chi connectivity index (χ0) is 45.9. The molecule has 11 aromatic rings. The summed E-state index contributed by atoms with van der Waals surface area (Å²) in [5.74, 6) is 1.65. The molecule has 2 nitrogen and oxygen atoms in total. The number of hydrogen-bond donors (Lipinski definition) is 0. The summed E-state index contributed by atoms with van der Waals surface area (Å²) in [7, 11) is 0. The van der Waals surface area contributed by atoms with E-state index in [4.69, 9.17) is 4.74 Å². The van der Waals surface area contributed by atoms with Gasteiger partial charge in [0.15, 0.2) is 5.75 Å². The Morgan fingerprint density at radius 1 is 0.314 bits per heavy atom. The summed E-state index contributed by atoms with van der Waals surface area (Å²) in [5, 5.41) is 0. The monoisotopic (exact) mass is 889 g/mol. The molecule has 0 radical (unpaired) electrons. The van der Waals surface area contributed by atoms with Crippen LogP contribution in [0.3, 0.4) is 0 Å². The smallest absolute Gasteiger partial charge is 0.159 e. The molecule has 0 N–H and O–H groups in total. The number of fused-ring (bicyclic) bond motifs is 21. The Labute approximate surface area is 408 Å². The first kappa shape index (κ1) is 39.1. The molecule has 326 valence electrons. The fraction of sp³-hybridized carbons (Fsp3) is 0.0294. The van der Waals surface area contributed by atoms with E-state index in [0.717, 1.165) is 68.4 Å². The van der Waals surface area contributed by atoms with Crippen molar-refractivity contribution in [2.24, 2.45) is 0 Å². The van der Waals surface area contributed by atoms with Crippen LogP contribution in [0.4, 0.5) is 17.1 Å². The van der Waals surface area contributed by atoms with Gasteiger partial charge in [-0.3, -0.25) is 0 Å². The second kappa shape index (κ2) is 15.0. The topological polar surface area (TPSA) is 12.5 Å². The molecule has 11 aromatic carbocycles. The maximum Gasteiger partial charge on any atom is 0.159 e. The maximum atomic E-state index is 7.33. The molecule has 0 saturated carbocycles. The molecule has 1 unspecified atom stereocenters. The number of anilines is 3. The molecule has 1 atom stereocenters. The van der Waals surface area contributed by atoms with Crippen molar-refractivity contribution in [1.82, 2.24) is 0 Å². The van der Waals surface area contributed by atoms with Crippen molar-refractivity contribution < 1.29 is 4.74 Å². The molecular formula is C68H43NO. The maximum absolute atomic E-state index is 7.33. The van der Waals surface area contributed by atoms with Crippen LogP contribution in [-0.4, -0.2) is 0 Å². The number of ether oxygens (including phenoxy) is 1. The first-order chi connectivity index (χ1) is 34.8. The lowest BCUT2D eigenvalue weighted by molar-refractivity contribution is 0.489. The molecule has 70 heavy (non-hydrogen) atoms. The van der Waals surface area contributed by atoms with E-state index in [1.807, 2.05) is 0 Å². The van der Waals surface area contributed by atoms with Gasteiger partial charge in [-0.05, 0) is 131 Å². The summed E-state index contributed by atoms with van der Waals surface area (Å²) in [6, 6.07) is 92.2. The third-order valence-electron chi connectivity index (χ3n) is 15.5. The van der Waals surface area contributed by atoms with Gasteiger partial charge in [-0.2, -0.15) is 0 Å². The number of hydrogen-bond acceptors (Lipinski definition) is 2. The Bertz CT molecular complexity index is 3980. The third kappa shape index (κ3) is 5.39. The summed E-state index contributed by atoms with van der Waals surface area (Å²) in [4.78, 5) is 2.47. The molecule has 1 spiro atoms. The van der Waals surface area contributed by atoms with Gasteiger partial charge in [0.1, 0.15) is 5.75 Å². The minimum atomic E-state index is -0.688. The number of benzene rings is 11. The Kier molecular flexibility index (Phi) is 8.38. The zero-order valence-electron chi connectivity index (χ0n) is 38.2. The molecular weight excluding hydrogens is 847 g/mol. The minimum Gasteiger partial charge on any atom is -0.454 e. The predicted octanol–water partition coefficient (Wildman–Crippen LogP) is 17.8. The van der Waals surface area contributed by atoms with E-state index in [1.54, 1.807) is 0 Å². The van der Waals surface area contributed by atoms with Crippen molar-refractivity contribution in [3.8, 4) is 89.4 Å². The van der Waals surface area contributed by atoms with Crippen LogP contribution in [0.5, 0.6) is 11.5 Å². The van der Waals surface area contributed by atoms with E-state index < -0.39 is 5.41 Å². The van der Waals surface area contributed by atoms with Crippen LogP contribution in [0, 0.1) is 0 Å². The third-order valence-corrected chi connectivity index (χ3v) is 15.5. The fourth-order valence-corrected chi connectivity index (χ4v) is 12.7. The highest BCUT2D eigenvalue weighted by Gasteiger charge is 2.51. The Balaban J connectivity index is 1.08. The van der Waals surface area contributed by atoms with E-state index in [2.05, 4.69) is 254 Å². The van der Waals surface area contributed by atoms with E-state index >= 15 is 0 Å². The van der Waals surface area contributed by atoms with Gasteiger partial charge in [0.05, 0.1) is 16.8 Å². The standard InChI is InChI=1S/C68H43NO/c1-2-19-43(20-3-1)47-22-12-16-34-62(47)69(63-35-18-31-56-52-27-9-8-26-51(52)55-29-13-17-36-64(55)70-67(56)63)46-38-39-54-50-25-7-6-24-49(50)53-28-10-14-32-58(53)68(61(54)42-46)59-33-15-11-30-57(59)66-60(68)40-37-45-41-44-21-4-5-23-48(44)65(45)66/h1-40,42H,41H2. The lowest BCUT2D eigenvalue weighted by Crippen LogP contribution is -2.29. The number of nitrogens with zero attached hydrogens (tertiary/aromatic N) is 1. The average Bonchev–Trinajstić information content (AvgIpc) is 3.87. The lowest BCUT2D eigenvalue weighted by atomic mass is 9.65. The molecule has 4 aliphatic rings. The van der Waals surface area contributed by atoms with Gasteiger partial charge in [-0.25, -0.2) is 0 Å². The fourth-order valence-electron chi connectivity index (χ4n) is 12.7. The molecule has 0 aromatic heterocycles. The van der Waals surface area contributed by atoms with Crippen molar-refractivity contribution in [1.29, 1.82) is 0 Å². The summed E-state index contributed by atoms with van der Waals surface area (Å²) in [6.45, 7) is 0. The number of para-hydroxylation sites is 3. The van der Waals surface area contributed by atoms with Crippen LogP contribution in [0.2, 0.25) is 0 Å². The average molecular weight is 890 g/mol. The Morgan fingerprint density at radius 2 is 0.857 bits per heavy atom. The van der Waals surface area contributed by atoms with Gasteiger partial charge in [-0.15, -0.1) is 0 Å². The van der Waals surface area contributed by atoms with Crippen LogP contribution in [0.1, 0.15) is 33.4 Å². The van der Waals surface area contributed by atoms with Gasteiger partial charge in [0.25, 0.3) is 0 Å². The highest BCUT2D eigenvalue weighted by atomic mass is 16.5. The van der Waals surface area contributed by atoms with Crippen molar-refractivity contribution >= 4 is 17.1 Å². The Morgan fingerprint density at radius 3 is 1.63 bits per heavy atom. The second-order valence-electron chi connectivity index (χ2n) is 19.0. The largest absolute Gasteiger partial charge is 0.454 e. The first-order valence-corrected chi connectivity index (χ1v) is 24.4. The summed E-state index contributed by atoms with van der Waals surface area (Å²) >= 11 is 0. The molecule has 0 bridgehead atoms. The predicted molar refractivity (Wildman–Crippen MR) is 287 cm³/mol. The molecule has 1 heterocycles. The van der Waals surface area contributed by atoms with Crippen LogP contribution in [0.15, 0.2) is 249 Å². The van der Waals surface area contributed by atoms with Crippen LogP contribution in [-0.2, 0) is 11.8 Å². The minimum absolute atomic E-state index is 0.688. The van der Waals surface area contributed by atoms with Gasteiger partial charge in [0.2, 0.25) is 0 Å².